The van der Waals surface area contributed by atoms with Gasteiger partial charge in [0, 0.05) is 5.39 Å². The van der Waals surface area contributed by atoms with Crippen molar-refractivity contribution in [3.8, 4) is 0 Å². The van der Waals surface area contributed by atoms with Gasteiger partial charge in [-0.1, -0.05) is 34.8 Å². The van der Waals surface area contributed by atoms with Crippen molar-refractivity contribution in [2.24, 2.45) is 0 Å². The van der Waals surface area contributed by atoms with E-state index in [2.05, 4.69) is 4.98 Å². The molecule has 0 aliphatic carbocycles. The maximum atomic E-state index is 6.00. The van der Waals surface area contributed by atoms with Gasteiger partial charge in [-0.2, -0.15) is 0 Å². The molecule has 0 saturated heterocycles. The van der Waals surface area contributed by atoms with Crippen molar-refractivity contribution in [2.45, 2.75) is 0 Å². The molecule has 0 fully saturated rings. The number of nitrogen functional groups attached to an aromatic ring is 1. The van der Waals surface area contributed by atoms with E-state index in [-0.39, 0.29) is 0 Å². The number of hydrogen-bond acceptors (Lipinski definition) is 2. The van der Waals surface area contributed by atoms with Crippen molar-refractivity contribution >= 4 is 51.4 Å². The maximum absolute atomic E-state index is 6.00. The lowest BCUT2D eigenvalue weighted by atomic mass is 10.2. The van der Waals surface area contributed by atoms with Gasteiger partial charge in [-0.05, 0) is 12.1 Å². The van der Waals surface area contributed by atoms with Crippen molar-refractivity contribution < 1.29 is 0 Å². The Morgan fingerprint density at radius 3 is 2.43 bits per heavy atom. The van der Waals surface area contributed by atoms with Crippen molar-refractivity contribution in [3.05, 3.63) is 33.4 Å². The summed E-state index contributed by atoms with van der Waals surface area (Å²) in [5.41, 5.74) is 6.57. The molecule has 0 bridgehead atoms. The van der Waals surface area contributed by atoms with Crippen LogP contribution in [0.15, 0.2) is 18.3 Å². The Labute approximate surface area is 95.6 Å². The molecule has 1 aromatic heterocycles. The molecule has 0 amide bonds. The third-order valence-corrected chi connectivity index (χ3v) is 2.91. The molecule has 2 aromatic rings. The quantitative estimate of drug-likeness (QED) is 0.769. The van der Waals surface area contributed by atoms with Crippen molar-refractivity contribution in [1.29, 1.82) is 0 Å². The Kier molecular flexibility index (Phi) is 2.43. The first kappa shape index (κ1) is 9.84. The number of aromatic nitrogens is 1. The van der Waals surface area contributed by atoms with E-state index in [0.717, 1.165) is 0 Å². The number of fused-ring (bicyclic) bond motifs is 1. The zero-order valence-electron chi connectivity index (χ0n) is 6.89. The average molecular weight is 248 g/mol. The van der Waals surface area contributed by atoms with Gasteiger partial charge in [0.05, 0.1) is 32.5 Å². The molecule has 5 heteroatoms. The molecule has 0 saturated carbocycles. The minimum absolute atomic E-state index is 0.391. The zero-order valence-corrected chi connectivity index (χ0v) is 9.16. The third kappa shape index (κ3) is 1.40. The Hall–Kier alpha value is -0.700. The van der Waals surface area contributed by atoms with Crippen LogP contribution < -0.4 is 5.73 Å². The van der Waals surface area contributed by atoms with E-state index in [0.29, 0.717) is 31.7 Å². The number of nitrogens with zero attached hydrogens (tertiary/aromatic N) is 1. The number of anilines is 1. The van der Waals surface area contributed by atoms with E-state index < -0.39 is 0 Å². The highest BCUT2D eigenvalue weighted by molar-refractivity contribution is 6.45. The first-order chi connectivity index (χ1) is 6.61. The van der Waals surface area contributed by atoms with Gasteiger partial charge in [0.15, 0.2) is 0 Å². The predicted molar refractivity (Wildman–Crippen MR) is 61.2 cm³/mol. The zero-order chi connectivity index (χ0) is 10.3. The second kappa shape index (κ2) is 3.46. The molecule has 0 atom stereocenters. The fourth-order valence-corrected chi connectivity index (χ4v) is 1.95. The number of halogens is 3. The summed E-state index contributed by atoms with van der Waals surface area (Å²) in [5, 5.41) is 1.99. The molecule has 0 aliphatic heterocycles. The molecule has 14 heavy (non-hydrogen) atoms. The molecule has 0 spiro atoms. The molecular formula is C9H5Cl3N2. The summed E-state index contributed by atoms with van der Waals surface area (Å²) in [6.45, 7) is 0. The molecule has 1 heterocycles. The topological polar surface area (TPSA) is 38.9 Å². The van der Waals surface area contributed by atoms with Crippen LogP contribution in [0.25, 0.3) is 10.9 Å². The summed E-state index contributed by atoms with van der Waals surface area (Å²) in [6.07, 6.45) is 1.47. The van der Waals surface area contributed by atoms with Gasteiger partial charge in [-0.3, -0.25) is 4.98 Å². The summed E-state index contributed by atoms with van der Waals surface area (Å²) < 4.78 is 0. The summed E-state index contributed by atoms with van der Waals surface area (Å²) in [4.78, 5) is 4.08. The molecule has 0 unspecified atom stereocenters. The number of rotatable bonds is 0. The van der Waals surface area contributed by atoms with Gasteiger partial charge < -0.3 is 5.73 Å². The van der Waals surface area contributed by atoms with Crippen molar-refractivity contribution in [1.82, 2.24) is 4.98 Å². The van der Waals surface area contributed by atoms with Gasteiger partial charge in [-0.25, -0.2) is 0 Å². The van der Waals surface area contributed by atoms with E-state index in [4.69, 9.17) is 40.5 Å². The second-order valence-electron chi connectivity index (χ2n) is 2.78. The first-order valence-electron chi connectivity index (χ1n) is 3.79. The van der Waals surface area contributed by atoms with Gasteiger partial charge in [0.1, 0.15) is 0 Å². The molecule has 0 aliphatic rings. The van der Waals surface area contributed by atoms with Crippen LogP contribution in [0, 0.1) is 0 Å². The van der Waals surface area contributed by atoms with Crippen LogP contribution in [0.4, 0.5) is 5.69 Å². The Morgan fingerprint density at radius 1 is 1.07 bits per heavy atom. The first-order valence-corrected chi connectivity index (χ1v) is 4.92. The van der Waals surface area contributed by atoms with Crippen LogP contribution in [-0.4, -0.2) is 4.98 Å². The van der Waals surface area contributed by atoms with Crippen molar-refractivity contribution in [3.63, 3.8) is 0 Å². The van der Waals surface area contributed by atoms with Crippen LogP contribution in [0.1, 0.15) is 0 Å². The van der Waals surface area contributed by atoms with Crippen LogP contribution in [0.3, 0.4) is 0 Å². The molecular weight excluding hydrogens is 242 g/mol. The predicted octanol–water partition coefficient (Wildman–Crippen LogP) is 3.78. The van der Waals surface area contributed by atoms with E-state index in [1.165, 1.54) is 6.20 Å². The summed E-state index contributed by atoms with van der Waals surface area (Å²) in [6, 6.07) is 3.34. The van der Waals surface area contributed by atoms with Gasteiger partial charge in [0.2, 0.25) is 0 Å². The highest BCUT2D eigenvalue weighted by Gasteiger charge is 2.10. The standard InChI is InChI=1S/C9H5Cl3N2/c10-4-1-2-5(11)9-7(4)8(12)6(13)3-14-9/h1-3H,13H2. The molecule has 1 aromatic carbocycles. The smallest absolute Gasteiger partial charge is 0.0919 e. The fourth-order valence-electron chi connectivity index (χ4n) is 1.21. The van der Waals surface area contributed by atoms with E-state index >= 15 is 0 Å². The number of pyridine rings is 1. The summed E-state index contributed by atoms with van der Waals surface area (Å²) in [5.74, 6) is 0. The number of hydrogen-bond donors (Lipinski definition) is 1. The maximum Gasteiger partial charge on any atom is 0.0919 e. The molecule has 2 N–H and O–H groups in total. The van der Waals surface area contributed by atoms with Gasteiger partial charge in [0.25, 0.3) is 0 Å². The van der Waals surface area contributed by atoms with Crippen molar-refractivity contribution in [2.75, 3.05) is 5.73 Å². The monoisotopic (exact) mass is 246 g/mol. The van der Waals surface area contributed by atoms with E-state index in [9.17, 15) is 0 Å². The second-order valence-corrected chi connectivity index (χ2v) is 3.97. The summed E-state index contributed by atoms with van der Waals surface area (Å²) in [7, 11) is 0. The summed E-state index contributed by atoms with van der Waals surface area (Å²) >= 11 is 17.9. The fraction of sp³-hybridized carbons (Fsp3) is 0. The lowest BCUT2D eigenvalue weighted by molar-refractivity contribution is 1.41. The third-order valence-electron chi connectivity index (χ3n) is 1.88. The number of nitrogens with two attached hydrogens (primary N) is 1. The van der Waals surface area contributed by atoms with Gasteiger partial charge in [-0.15, -0.1) is 0 Å². The Bertz CT molecular complexity index is 511. The lowest BCUT2D eigenvalue weighted by Gasteiger charge is -2.05. The SMILES string of the molecule is Nc1cnc2c(Cl)ccc(Cl)c2c1Cl. The van der Waals surface area contributed by atoms with Crippen LogP contribution >= 0.6 is 34.8 Å². The minimum atomic E-state index is 0.391. The van der Waals surface area contributed by atoms with Crippen LogP contribution in [0.5, 0.6) is 0 Å². The largest absolute Gasteiger partial charge is 0.396 e. The highest BCUT2D eigenvalue weighted by Crippen LogP contribution is 2.35. The van der Waals surface area contributed by atoms with Gasteiger partial charge >= 0.3 is 0 Å². The van der Waals surface area contributed by atoms with E-state index in [1.807, 2.05) is 0 Å². The number of benzene rings is 1. The normalized spacial score (nSPS) is 10.8. The molecule has 72 valence electrons. The molecule has 0 radical (unpaired) electrons. The minimum Gasteiger partial charge on any atom is -0.396 e. The Balaban J connectivity index is 3.01. The molecule has 2 nitrogen and oxygen atoms in total. The van der Waals surface area contributed by atoms with Crippen LogP contribution in [0.2, 0.25) is 15.1 Å². The molecule has 2 rings (SSSR count). The average Bonchev–Trinajstić information content (AvgIpc) is 2.16. The van der Waals surface area contributed by atoms with Crippen LogP contribution in [-0.2, 0) is 0 Å². The Morgan fingerprint density at radius 2 is 1.71 bits per heavy atom. The van der Waals surface area contributed by atoms with E-state index in [1.54, 1.807) is 12.1 Å². The lowest BCUT2D eigenvalue weighted by Crippen LogP contribution is -1.90. The highest BCUT2D eigenvalue weighted by atomic mass is 35.5.